The fourth-order valence-electron chi connectivity index (χ4n) is 2.70. The zero-order valence-corrected chi connectivity index (χ0v) is 18.4. The van der Waals surface area contributed by atoms with E-state index in [9.17, 15) is 4.79 Å². The second-order valence-electron chi connectivity index (χ2n) is 5.75. The van der Waals surface area contributed by atoms with E-state index in [-0.39, 0.29) is 11.0 Å². The molecule has 1 saturated heterocycles. The molecule has 0 saturated carbocycles. The molecule has 28 heavy (non-hydrogen) atoms. The predicted molar refractivity (Wildman–Crippen MR) is 126 cm³/mol. The van der Waals surface area contributed by atoms with Crippen molar-refractivity contribution in [2.45, 2.75) is 18.2 Å². The number of amides is 1. The highest BCUT2D eigenvalue weighted by Gasteiger charge is 2.30. The van der Waals surface area contributed by atoms with Gasteiger partial charge in [0.15, 0.2) is 5.11 Å². The number of hydrazone groups is 1. The molecule has 1 fully saturated rings. The van der Waals surface area contributed by atoms with E-state index >= 15 is 0 Å². The van der Waals surface area contributed by atoms with E-state index in [0.29, 0.717) is 22.2 Å². The summed E-state index contributed by atoms with van der Waals surface area (Å²) in [6.45, 7) is 3.25. The van der Waals surface area contributed by atoms with Crippen LogP contribution in [0.5, 0.6) is 0 Å². The highest BCUT2D eigenvalue weighted by molar-refractivity contribution is 8.26. The lowest BCUT2D eigenvalue weighted by atomic mass is 10.2. The molecule has 2 heterocycles. The maximum atomic E-state index is 12.4. The van der Waals surface area contributed by atoms with E-state index in [4.69, 9.17) is 30.2 Å². The second kappa shape index (κ2) is 9.55. The number of nitrogens with one attached hydrogen (secondary N) is 1. The maximum absolute atomic E-state index is 12.4. The maximum Gasteiger partial charge on any atom is 0.266 e. The molecule has 0 atom stereocenters. The van der Waals surface area contributed by atoms with Gasteiger partial charge in [-0.25, -0.2) is 0 Å². The molecule has 6 nitrogen and oxygen atoms in total. The fraction of sp³-hybridized carbons (Fsp3) is 0.222. The van der Waals surface area contributed by atoms with Crippen LogP contribution in [0.4, 0.5) is 5.69 Å². The Balaban J connectivity index is 1.77. The summed E-state index contributed by atoms with van der Waals surface area (Å²) in [5, 5.41) is 5.18. The van der Waals surface area contributed by atoms with Crippen molar-refractivity contribution in [3.63, 3.8) is 0 Å². The Labute approximate surface area is 183 Å². The molecule has 0 unspecified atom stereocenters. The zero-order valence-electron chi connectivity index (χ0n) is 15.1. The van der Waals surface area contributed by atoms with Crippen LogP contribution >= 0.6 is 48.0 Å². The number of nitrogens with zero attached hydrogens (tertiary/aromatic N) is 3. The predicted octanol–water partition coefficient (Wildman–Crippen LogP) is 3.41. The van der Waals surface area contributed by atoms with Gasteiger partial charge in [-0.05, 0) is 43.4 Å². The molecular formula is C18H19N5OS4. The molecule has 1 aromatic rings. The number of thioether (sulfide) groups is 2. The van der Waals surface area contributed by atoms with Crippen molar-refractivity contribution >= 4 is 75.2 Å². The summed E-state index contributed by atoms with van der Waals surface area (Å²) in [6, 6.07) is 8.22. The van der Waals surface area contributed by atoms with Gasteiger partial charge >= 0.3 is 0 Å². The van der Waals surface area contributed by atoms with E-state index in [2.05, 4.69) is 27.6 Å². The molecule has 0 bridgehead atoms. The quantitative estimate of drug-likeness (QED) is 0.296. The minimum absolute atomic E-state index is 0.0302. The molecule has 3 N–H and O–H groups in total. The van der Waals surface area contributed by atoms with Crippen molar-refractivity contribution in [3.8, 4) is 0 Å². The van der Waals surface area contributed by atoms with E-state index in [0.717, 1.165) is 17.3 Å². The molecule has 2 aliphatic rings. The second-order valence-corrected chi connectivity index (χ2v) is 8.93. The van der Waals surface area contributed by atoms with E-state index in [1.807, 2.05) is 31.2 Å². The Bertz CT molecular complexity index is 896. The Hall–Kier alpha value is -1.88. The first-order chi connectivity index (χ1) is 13.5. The van der Waals surface area contributed by atoms with Gasteiger partial charge in [-0.3, -0.25) is 15.1 Å². The third-order valence-corrected chi connectivity index (χ3v) is 6.57. The molecule has 1 amide bonds. The van der Waals surface area contributed by atoms with Gasteiger partial charge in [0.2, 0.25) is 0 Å². The summed E-state index contributed by atoms with van der Waals surface area (Å²) in [7, 11) is 0. The summed E-state index contributed by atoms with van der Waals surface area (Å²) < 4.78 is 0.609. The van der Waals surface area contributed by atoms with Crippen LogP contribution in [0, 0.1) is 0 Å². The van der Waals surface area contributed by atoms with Crippen molar-refractivity contribution in [3.05, 3.63) is 46.4 Å². The molecule has 10 heteroatoms. The lowest BCUT2D eigenvalue weighted by Crippen LogP contribution is -2.27. The minimum Gasteiger partial charge on any atom is -0.375 e. The first kappa shape index (κ1) is 20.8. The van der Waals surface area contributed by atoms with Crippen molar-refractivity contribution in [2.75, 3.05) is 18.0 Å². The molecule has 0 spiro atoms. The molecule has 0 aromatic heterocycles. The molecule has 2 aliphatic heterocycles. The SMILES string of the molecule is CCN1C(=O)C(=CC=C2Sc3ccccc3N2CCC=NNC(N)=S)SC1=S. The van der Waals surface area contributed by atoms with Crippen LogP contribution in [0.2, 0.25) is 0 Å². The summed E-state index contributed by atoms with van der Waals surface area (Å²) in [5.41, 5.74) is 9.06. The number of hydrogen-bond donors (Lipinski definition) is 2. The zero-order chi connectivity index (χ0) is 20.1. The third kappa shape index (κ3) is 4.75. The number of carbonyl (C=O) groups excluding carboxylic acids is 1. The summed E-state index contributed by atoms with van der Waals surface area (Å²) in [4.78, 5) is 18.1. The van der Waals surface area contributed by atoms with Crippen LogP contribution in [0.25, 0.3) is 0 Å². The number of rotatable bonds is 6. The minimum atomic E-state index is -0.0302. The Morgan fingerprint density at radius 1 is 1.29 bits per heavy atom. The van der Waals surface area contributed by atoms with E-state index < -0.39 is 0 Å². The van der Waals surface area contributed by atoms with Crippen molar-refractivity contribution < 1.29 is 4.79 Å². The molecule has 146 valence electrons. The van der Waals surface area contributed by atoms with E-state index in [1.54, 1.807) is 22.9 Å². The summed E-state index contributed by atoms with van der Waals surface area (Å²) in [5.74, 6) is -0.0302. The van der Waals surface area contributed by atoms with Gasteiger partial charge in [0, 0.05) is 30.6 Å². The standard InChI is InChI=1S/C18H19N5OS4/c1-2-22-16(24)14(28-18(22)26)8-9-15-23(11-5-10-20-21-17(19)25)12-6-3-4-7-13(12)27-15/h3-4,6-10H,2,5,11H2,1H3,(H3,19,21,25). The molecule has 1 aromatic carbocycles. The number of carbonyl (C=O) groups is 1. The van der Waals surface area contributed by atoms with Gasteiger partial charge in [-0.1, -0.05) is 47.9 Å². The molecular weight excluding hydrogens is 431 g/mol. The largest absolute Gasteiger partial charge is 0.375 e. The number of nitrogens with two attached hydrogens (primary N) is 1. The van der Waals surface area contributed by atoms with Crippen LogP contribution in [-0.4, -0.2) is 39.5 Å². The van der Waals surface area contributed by atoms with Gasteiger partial charge in [0.1, 0.15) is 4.32 Å². The van der Waals surface area contributed by atoms with Crippen LogP contribution < -0.4 is 16.1 Å². The van der Waals surface area contributed by atoms with Crippen LogP contribution in [0.1, 0.15) is 13.3 Å². The van der Waals surface area contributed by atoms with Gasteiger partial charge in [-0.2, -0.15) is 5.10 Å². The Kier molecular flexibility index (Phi) is 7.11. The molecule has 0 radical (unpaired) electrons. The first-order valence-corrected chi connectivity index (χ1v) is 11.0. The lowest BCUT2D eigenvalue weighted by molar-refractivity contribution is -0.122. The van der Waals surface area contributed by atoms with Crippen LogP contribution in [-0.2, 0) is 4.79 Å². The number of para-hydroxylation sites is 1. The number of fused-ring (bicyclic) bond motifs is 1. The van der Waals surface area contributed by atoms with Crippen molar-refractivity contribution in [1.29, 1.82) is 0 Å². The highest BCUT2D eigenvalue weighted by atomic mass is 32.2. The summed E-state index contributed by atoms with van der Waals surface area (Å²) in [6.07, 6.45) is 6.30. The van der Waals surface area contributed by atoms with Crippen LogP contribution in [0.3, 0.4) is 0 Å². The average Bonchev–Trinajstić information content (AvgIpc) is 3.16. The number of likely N-dealkylation sites (N-methyl/N-ethyl adjacent to an activating group) is 1. The first-order valence-electron chi connectivity index (χ1n) is 8.58. The number of thiocarbonyl (C=S) groups is 2. The molecule has 0 aliphatic carbocycles. The number of allylic oxidation sites excluding steroid dienone is 2. The number of hydrogen-bond acceptors (Lipinski definition) is 7. The van der Waals surface area contributed by atoms with Crippen LogP contribution in [0.15, 0.2) is 56.3 Å². The van der Waals surface area contributed by atoms with Gasteiger partial charge in [0.05, 0.1) is 15.6 Å². The average molecular weight is 450 g/mol. The summed E-state index contributed by atoms with van der Waals surface area (Å²) >= 11 is 13.0. The van der Waals surface area contributed by atoms with Gasteiger partial charge in [0.25, 0.3) is 5.91 Å². The Morgan fingerprint density at radius 2 is 2.07 bits per heavy atom. The normalized spacial score (nSPS) is 19.3. The Morgan fingerprint density at radius 3 is 2.79 bits per heavy atom. The highest BCUT2D eigenvalue weighted by Crippen LogP contribution is 2.46. The van der Waals surface area contributed by atoms with Crippen molar-refractivity contribution in [1.82, 2.24) is 10.3 Å². The monoisotopic (exact) mass is 449 g/mol. The number of anilines is 1. The van der Waals surface area contributed by atoms with E-state index in [1.165, 1.54) is 16.7 Å². The smallest absolute Gasteiger partial charge is 0.266 e. The third-order valence-electron chi connectivity index (χ3n) is 3.95. The fourth-order valence-corrected chi connectivity index (χ4v) is 5.17. The van der Waals surface area contributed by atoms with Gasteiger partial charge in [-0.15, -0.1) is 0 Å². The number of benzene rings is 1. The lowest BCUT2D eigenvalue weighted by Gasteiger charge is -2.19. The molecule has 3 rings (SSSR count). The van der Waals surface area contributed by atoms with Crippen molar-refractivity contribution in [2.24, 2.45) is 10.8 Å². The topological polar surface area (TPSA) is 74.0 Å². The van der Waals surface area contributed by atoms with Gasteiger partial charge < -0.3 is 10.6 Å².